The molecule has 1 aromatic heterocycles. The molecule has 1 aromatic rings. The van der Waals surface area contributed by atoms with E-state index < -0.39 is 21.5 Å². The van der Waals surface area contributed by atoms with Crippen LogP contribution in [0.25, 0.3) is 0 Å². The monoisotopic (exact) mass is 418 g/mol. The Bertz CT molecular complexity index is 700. The van der Waals surface area contributed by atoms with Gasteiger partial charge in [-0.15, -0.1) is 0 Å². The van der Waals surface area contributed by atoms with Gasteiger partial charge in [-0.25, -0.2) is 18.2 Å². The number of piperidine rings is 1. The number of aromatic nitrogens is 1. The van der Waals surface area contributed by atoms with Crippen LogP contribution in [0.3, 0.4) is 0 Å². The molecular weight excluding hydrogens is 396 g/mol. The van der Waals surface area contributed by atoms with Gasteiger partial charge in [-0.3, -0.25) is 0 Å². The van der Waals surface area contributed by atoms with Gasteiger partial charge in [0, 0.05) is 12.6 Å². The average molecular weight is 419 g/mol. The minimum atomic E-state index is -3.58. The summed E-state index contributed by atoms with van der Waals surface area (Å²) in [6.07, 6.45) is 1.94. The largest absolute Gasteiger partial charge is 0.444 e. The number of pyridine rings is 1. The van der Waals surface area contributed by atoms with Crippen molar-refractivity contribution in [3.63, 3.8) is 0 Å². The molecule has 2 rings (SSSR count). The summed E-state index contributed by atoms with van der Waals surface area (Å²) in [7, 11) is -3.58. The lowest BCUT2D eigenvalue weighted by Gasteiger charge is -2.36. The summed E-state index contributed by atoms with van der Waals surface area (Å²) in [5.41, 5.74) is -0.607. The van der Waals surface area contributed by atoms with Crippen LogP contribution in [0.2, 0.25) is 0 Å². The predicted octanol–water partition coefficient (Wildman–Crippen LogP) is 3.41. The van der Waals surface area contributed by atoms with Crippen molar-refractivity contribution in [2.24, 2.45) is 0 Å². The molecule has 0 spiro atoms. The second-order valence-corrected chi connectivity index (χ2v) is 9.70. The normalized spacial score (nSPS) is 19.2. The van der Waals surface area contributed by atoms with E-state index in [0.717, 1.165) is 12.8 Å². The zero-order chi connectivity index (χ0) is 18.0. The van der Waals surface area contributed by atoms with E-state index in [9.17, 15) is 13.2 Å². The van der Waals surface area contributed by atoms with E-state index in [0.29, 0.717) is 17.6 Å². The topological polar surface area (TPSA) is 76.6 Å². The van der Waals surface area contributed by atoms with Crippen LogP contribution < -0.4 is 0 Å². The molecule has 1 unspecified atom stereocenters. The summed E-state index contributed by atoms with van der Waals surface area (Å²) in [6.45, 7) is 5.91. The second-order valence-electron chi connectivity index (χ2n) is 6.90. The zero-order valence-electron chi connectivity index (χ0n) is 14.2. The fourth-order valence-corrected chi connectivity index (χ4v) is 4.64. The van der Waals surface area contributed by atoms with Crippen molar-refractivity contribution in [1.82, 2.24) is 9.88 Å². The molecule has 1 atom stereocenters. The highest BCUT2D eigenvalue weighted by molar-refractivity contribution is 9.10. The average Bonchev–Trinajstić information content (AvgIpc) is 2.45. The highest BCUT2D eigenvalue weighted by Gasteiger charge is 2.34. The first-order chi connectivity index (χ1) is 11.1. The Balaban J connectivity index is 2.17. The Kier molecular flexibility index (Phi) is 5.91. The number of nitrogens with zero attached hydrogens (tertiary/aromatic N) is 2. The molecule has 1 amide bonds. The van der Waals surface area contributed by atoms with Crippen LogP contribution in [0.1, 0.15) is 40.0 Å². The van der Waals surface area contributed by atoms with Gasteiger partial charge in [0.05, 0.1) is 5.75 Å². The van der Waals surface area contributed by atoms with Crippen LogP contribution in [0.5, 0.6) is 0 Å². The molecule has 0 aliphatic carbocycles. The molecule has 24 heavy (non-hydrogen) atoms. The van der Waals surface area contributed by atoms with Gasteiger partial charge in [-0.2, -0.15) is 0 Å². The first-order valence-electron chi connectivity index (χ1n) is 7.93. The molecule has 1 fully saturated rings. The molecule has 134 valence electrons. The van der Waals surface area contributed by atoms with Crippen molar-refractivity contribution in [2.45, 2.75) is 56.7 Å². The lowest BCUT2D eigenvalue weighted by Crippen LogP contribution is -2.48. The lowest BCUT2D eigenvalue weighted by molar-refractivity contribution is 0.0124. The molecule has 2 heterocycles. The summed E-state index contributed by atoms with van der Waals surface area (Å²) in [5, 5.41) is 0.0200. The molecule has 0 N–H and O–H groups in total. The number of carbonyl (C=O) groups is 1. The summed E-state index contributed by atoms with van der Waals surface area (Å²) < 4.78 is 31.2. The van der Waals surface area contributed by atoms with E-state index in [-0.39, 0.29) is 16.8 Å². The maximum absolute atomic E-state index is 12.6. The number of likely N-dealkylation sites (tertiary alicyclic amines) is 1. The molecule has 0 aromatic carbocycles. The maximum Gasteiger partial charge on any atom is 0.410 e. The van der Waals surface area contributed by atoms with Crippen molar-refractivity contribution in [3.8, 4) is 0 Å². The SMILES string of the molecule is CC(C)(C)OC(=O)N1CCCCC1CS(=O)(=O)c1cccc(Br)n1. The first kappa shape index (κ1) is 19.2. The van der Waals surface area contributed by atoms with E-state index in [2.05, 4.69) is 20.9 Å². The third kappa shape index (κ3) is 5.17. The fourth-order valence-electron chi connectivity index (χ4n) is 2.64. The summed E-state index contributed by atoms with van der Waals surface area (Å²) in [4.78, 5) is 18.0. The Labute approximate surface area is 151 Å². The van der Waals surface area contributed by atoms with Crippen molar-refractivity contribution >= 4 is 31.9 Å². The molecule has 0 saturated carbocycles. The Morgan fingerprint density at radius 3 is 2.71 bits per heavy atom. The summed E-state index contributed by atoms with van der Waals surface area (Å²) >= 11 is 3.19. The van der Waals surface area contributed by atoms with Crippen LogP contribution in [-0.2, 0) is 14.6 Å². The molecular formula is C16H23BrN2O4S. The number of hydrogen-bond acceptors (Lipinski definition) is 5. The fraction of sp³-hybridized carbons (Fsp3) is 0.625. The van der Waals surface area contributed by atoms with Crippen molar-refractivity contribution < 1.29 is 17.9 Å². The van der Waals surface area contributed by atoms with E-state index in [4.69, 9.17) is 4.74 Å². The Morgan fingerprint density at radius 1 is 1.38 bits per heavy atom. The Hall–Kier alpha value is -1.15. The molecule has 8 heteroatoms. The molecule has 0 bridgehead atoms. The number of amides is 1. The number of halogens is 1. The van der Waals surface area contributed by atoms with Gasteiger partial charge in [0.25, 0.3) is 0 Å². The van der Waals surface area contributed by atoms with Gasteiger partial charge in [-0.05, 0) is 68.1 Å². The third-order valence-electron chi connectivity index (χ3n) is 3.68. The van der Waals surface area contributed by atoms with Gasteiger partial charge < -0.3 is 9.64 Å². The Morgan fingerprint density at radius 2 is 2.08 bits per heavy atom. The highest BCUT2D eigenvalue weighted by atomic mass is 79.9. The van der Waals surface area contributed by atoms with Crippen LogP contribution in [0.15, 0.2) is 27.8 Å². The van der Waals surface area contributed by atoms with Crippen LogP contribution in [-0.4, -0.2) is 48.3 Å². The van der Waals surface area contributed by atoms with E-state index in [1.54, 1.807) is 37.8 Å². The van der Waals surface area contributed by atoms with Gasteiger partial charge >= 0.3 is 6.09 Å². The second kappa shape index (κ2) is 7.39. The number of hydrogen-bond donors (Lipinski definition) is 0. The van der Waals surface area contributed by atoms with Crippen molar-refractivity contribution in [1.29, 1.82) is 0 Å². The molecule has 1 aliphatic heterocycles. The molecule has 0 radical (unpaired) electrons. The van der Waals surface area contributed by atoms with Crippen molar-refractivity contribution in [2.75, 3.05) is 12.3 Å². The summed E-state index contributed by atoms with van der Waals surface area (Å²) in [5.74, 6) is -0.143. The number of ether oxygens (including phenoxy) is 1. The number of rotatable bonds is 3. The van der Waals surface area contributed by atoms with Crippen LogP contribution in [0.4, 0.5) is 4.79 Å². The van der Waals surface area contributed by atoms with E-state index in [1.165, 1.54) is 6.07 Å². The predicted molar refractivity (Wildman–Crippen MR) is 94.6 cm³/mol. The minimum Gasteiger partial charge on any atom is -0.444 e. The number of carbonyl (C=O) groups excluding carboxylic acids is 1. The minimum absolute atomic E-state index is 0.0200. The van der Waals surface area contributed by atoms with Gasteiger partial charge in [0.1, 0.15) is 10.2 Å². The molecule has 1 aliphatic rings. The third-order valence-corrected chi connectivity index (χ3v) is 5.81. The molecule has 1 saturated heterocycles. The van der Waals surface area contributed by atoms with Gasteiger partial charge in [0.2, 0.25) is 0 Å². The lowest BCUT2D eigenvalue weighted by atomic mass is 10.0. The highest BCUT2D eigenvalue weighted by Crippen LogP contribution is 2.23. The standard InChI is InChI=1S/C16H23BrN2O4S/c1-16(2,3)23-15(20)19-10-5-4-7-12(19)11-24(21,22)14-9-6-8-13(17)18-14/h6,8-9,12H,4-5,7,10-11H2,1-3H3. The van der Waals surface area contributed by atoms with Crippen molar-refractivity contribution in [3.05, 3.63) is 22.8 Å². The van der Waals surface area contributed by atoms with E-state index >= 15 is 0 Å². The zero-order valence-corrected chi connectivity index (χ0v) is 16.6. The van der Waals surface area contributed by atoms with Crippen LogP contribution >= 0.6 is 15.9 Å². The van der Waals surface area contributed by atoms with Gasteiger partial charge in [0.15, 0.2) is 14.9 Å². The van der Waals surface area contributed by atoms with Gasteiger partial charge in [-0.1, -0.05) is 6.07 Å². The summed E-state index contributed by atoms with van der Waals surface area (Å²) in [6, 6.07) is 4.39. The van der Waals surface area contributed by atoms with E-state index in [1.807, 2.05) is 0 Å². The number of sulfone groups is 1. The van der Waals surface area contributed by atoms with Crippen LogP contribution in [0, 0.1) is 0 Å². The quantitative estimate of drug-likeness (QED) is 0.702. The molecule has 6 nitrogen and oxygen atoms in total. The first-order valence-corrected chi connectivity index (χ1v) is 10.4. The smallest absolute Gasteiger partial charge is 0.410 e. The maximum atomic E-state index is 12.6.